The molecule has 0 spiro atoms. The van der Waals surface area contributed by atoms with E-state index in [-0.39, 0.29) is 0 Å². The fourth-order valence-corrected chi connectivity index (χ4v) is 0.527. The van der Waals surface area contributed by atoms with Gasteiger partial charge < -0.3 is 4.98 Å². The topological polar surface area (TPSA) is 41.0 Å². The Morgan fingerprint density at radius 3 is 3.33 bits per heavy atom. The van der Waals surface area contributed by atoms with Crippen molar-refractivity contribution < 1.29 is 0 Å². The molecule has 0 aliphatic heterocycles. The Balaban J connectivity index is 2.57. The van der Waals surface area contributed by atoms with Gasteiger partial charge in [-0.15, -0.1) is 0 Å². The number of aliphatic imine (C=N–C) groups is 1. The Morgan fingerprint density at radius 2 is 2.78 bits per heavy atom. The van der Waals surface area contributed by atoms with Crippen molar-refractivity contribution in [1.29, 1.82) is 0 Å². The van der Waals surface area contributed by atoms with Crippen LogP contribution in [0.2, 0.25) is 0 Å². The van der Waals surface area contributed by atoms with Gasteiger partial charge in [-0.3, -0.25) is 4.99 Å². The van der Waals surface area contributed by atoms with Crippen LogP contribution in [0.4, 0.5) is 0 Å². The summed E-state index contributed by atoms with van der Waals surface area (Å²) in [5.41, 5.74) is 0.955. The smallest absolute Gasteiger partial charge is 0.0924 e. The quantitative estimate of drug-likeness (QED) is 0.582. The summed E-state index contributed by atoms with van der Waals surface area (Å²) in [6.45, 7) is 2.81. The van der Waals surface area contributed by atoms with Gasteiger partial charge in [-0.1, -0.05) is 0 Å². The molecule has 1 heterocycles. The summed E-state index contributed by atoms with van der Waals surface area (Å²) in [6.07, 6.45) is 5.14. The van der Waals surface area contributed by atoms with Crippen LogP contribution in [-0.2, 0) is 0 Å². The van der Waals surface area contributed by atoms with Crippen LogP contribution in [0, 0.1) is 0 Å². The predicted octanol–water partition coefficient (Wildman–Crippen LogP) is 0.849. The highest BCUT2D eigenvalue weighted by molar-refractivity contribution is 5.76. The van der Waals surface area contributed by atoms with E-state index in [1.165, 1.54) is 0 Å². The van der Waals surface area contributed by atoms with Crippen molar-refractivity contribution in [3.8, 4) is 0 Å². The molecule has 1 aromatic heterocycles. The van der Waals surface area contributed by atoms with Crippen molar-refractivity contribution in [2.24, 2.45) is 4.99 Å². The second-order valence-corrected chi connectivity index (χ2v) is 1.63. The van der Waals surface area contributed by atoms with Crippen molar-refractivity contribution >= 4 is 6.21 Å². The zero-order valence-electron chi connectivity index (χ0n) is 5.33. The maximum Gasteiger partial charge on any atom is 0.0924 e. The summed E-state index contributed by atoms with van der Waals surface area (Å²) in [5, 5.41) is 0. The molecular formula is C6H9N3. The number of hydrogen-bond acceptors (Lipinski definition) is 2. The van der Waals surface area contributed by atoms with Crippen molar-refractivity contribution in [3.05, 3.63) is 18.2 Å². The average Bonchev–Trinajstić information content (AvgIpc) is 2.34. The fourth-order valence-electron chi connectivity index (χ4n) is 0.527. The number of nitrogens with one attached hydrogen (secondary N) is 1. The highest BCUT2D eigenvalue weighted by Gasteiger charge is 1.82. The second kappa shape index (κ2) is 3.02. The molecule has 0 unspecified atom stereocenters. The monoisotopic (exact) mass is 123 g/mol. The summed E-state index contributed by atoms with van der Waals surface area (Å²) >= 11 is 0. The van der Waals surface area contributed by atoms with Crippen LogP contribution in [0.1, 0.15) is 12.6 Å². The zero-order chi connectivity index (χ0) is 6.53. The lowest BCUT2D eigenvalue weighted by Crippen LogP contribution is -1.79. The number of hydrogen-bond donors (Lipinski definition) is 1. The summed E-state index contributed by atoms with van der Waals surface area (Å²) in [4.78, 5) is 10.8. The van der Waals surface area contributed by atoms with E-state index in [0.29, 0.717) is 0 Å². The van der Waals surface area contributed by atoms with Gasteiger partial charge in [0.1, 0.15) is 0 Å². The highest BCUT2D eigenvalue weighted by atomic mass is 14.9. The zero-order valence-corrected chi connectivity index (χ0v) is 5.33. The standard InChI is InChI=1S/C6H9N3/c1-2-7-3-6-4-8-5-9-6/h3-5H,2H2,1H3,(H,8,9). The minimum absolute atomic E-state index is 0.818. The number of nitrogens with zero attached hydrogens (tertiary/aromatic N) is 2. The van der Waals surface area contributed by atoms with E-state index in [1.54, 1.807) is 18.7 Å². The van der Waals surface area contributed by atoms with E-state index in [4.69, 9.17) is 0 Å². The SMILES string of the molecule is CCN=Cc1cnc[nH]1. The summed E-state index contributed by atoms with van der Waals surface area (Å²) in [6, 6.07) is 0. The first-order valence-electron chi connectivity index (χ1n) is 2.91. The molecule has 0 saturated heterocycles. The normalized spacial score (nSPS) is 10.8. The van der Waals surface area contributed by atoms with Gasteiger partial charge in [0.2, 0.25) is 0 Å². The third kappa shape index (κ3) is 1.68. The molecule has 48 valence electrons. The maximum absolute atomic E-state index is 4.02. The lowest BCUT2D eigenvalue weighted by Gasteiger charge is -1.79. The van der Waals surface area contributed by atoms with E-state index in [9.17, 15) is 0 Å². The van der Waals surface area contributed by atoms with E-state index in [2.05, 4.69) is 15.0 Å². The number of H-pyrrole nitrogens is 1. The Kier molecular flexibility index (Phi) is 2.01. The van der Waals surface area contributed by atoms with Crippen molar-refractivity contribution in [1.82, 2.24) is 9.97 Å². The Labute approximate surface area is 53.9 Å². The number of rotatable bonds is 2. The molecule has 9 heavy (non-hydrogen) atoms. The Bertz CT molecular complexity index is 176. The third-order valence-corrected chi connectivity index (χ3v) is 0.932. The molecule has 0 atom stereocenters. The molecule has 1 rings (SSSR count). The van der Waals surface area contributed by atoms with E-state index in [0.717, 1.165) is 12.2 Å². The van der Waals surface area contributed by atoms with Gasteiger partial charge in [0.25, 0.3) is 0 Å². The first kappa shape index (κ1) is 6.01. The fraction of sp³-hybridized carbons (Fsp3) is 0.333. The van der Waals surface area contributed by atoms with Gasteiger partial charge in [-0.2, -0.15) is 0 Å². The van der Waals surface area contributed by atoms with Gasteiger partial charge >= 0.3 is 0 Å². The molecule has 0 bridgehead atoms. The van der Waals surface area contributed by atoms with Crippen molar-refractivity contribution in [2.45, 2.75) is 6.92 Å². The van der Waals surface area contributed by atoms with Crippen molar-refractivity contribution in [2.75, 3.05) is 6.54 Å². The first-order chi connectivity index (χ1) is 4.43. The van der Waals surface area contributed by atoms with Gasteiger partial charge in [0.05, 0.1) is 18.2 Å². The average molecular weight is 123 g/mol. The van der Waals surface area contributed by atoms with Crippen LogP contribution in [0.5, 0.6) is 0 Å². The molecule has 0 aliphatic carbocycles. The minimum Gasteiger partial charge on any atom is -0.344 e. The van der Waals surface area contributed by atoms with Gasteiger partial charge in [-0.05, 0) is 6.92 Å². The molecule has 0 radical (unpaired) electrons. The highest BCUT2D eigenvalue weighted by Crippen LogP contribution is 1.83. The van der Waals surface area contributed by atoms with E-state index < -0.39 is 0 Å². The first-order valence-corrected chi connectivity index (χ1v) is 2.91. The molecule has 0 saturated carbocycles. The van der Waals surface area contributed by atoms with Crippen LogP contribution >= 0.6 is 0 Å². The Hall–Kier alpha value is -1.12. The summed E-state index contributed by atoms with van der Waals surface area (Å²) < 4.78 is 0. The van der Waals surface area contributed by atoms with Gasteiger partial charge in [-0.25, -0.2) is 4.98 Å². The molecule has 1 aromatic rings. The Morgan fingerprint density at radius 1 is 1.89 bits per heavy atom. The third-order valence-electron chi connectivity index (χ3n) is 0.932. The summed E-state index contributed by atoms with van der Waals surface area (Å²) in [5.74, 6) is 0. The molecule has 0 aromatic carbocycles. The minimum atomic E-state index is 0.818. The van der Waals surface area contributed by atoms with Crippen LogP contribution in [-0.4, -0.2) is 22.7 Å². The molecule has 3 nitrogen and oxygen atoms in total. The molecular weight excluding hydrogens is 114 g/mol. The van der Waals surface area contributed by atoms with Gasteiger partial charge in [0, 0.05) is 12.8 Å². The number of aromatic amines is 1. The van der Waals surface area contributed by atoms with E-state index in [1.807, 2.05) is 6.92 Å². The lowest BCUT2D eigenvalue weighted by molar-refractivity contribution is 1.14. The molecule has 1 N–H and O–H groups in total. The van der Waals surface area contributed by atoms with Crippen molar-refractivity contribution in [3.63, 3.8) is 0 Å². The van der Waals surface area contributed by atoms with Crippen LogP contribution in [0.3, 0.4) is 0 Å². The lowest BCUT2D eigenvalue weighted by atomic mass is 10.5. The number of aromatic nitrogens is 2. The molecule has 0 fully saturated rings. The largest absolute Gasteiger partial charge is 0.344 e. The second-order valence-electron chi connectivity index (χ2n) is 1.63. The number of imidazole rings is 1. The molecule has 3 heteroatoms. The van der Waals surface area contributed by atoms with E-state index >= 15 is 0 Å². The predicted molar refractivity (Wildman–Crippen MR) is 36.7 cm³/mol. The summed E-state index contributed by atoms with van der Waals surface area (Å²) in [7, 11) is 0. The molecule has 0 amide bonds. The molecule has 0 aliphatic rings. The van der Waals surface area contributed by atoms with Crippen LogP contribution in [0.25, 0.3) is 0 Å². The van der Waals surface area contributed by atoms with Crippen LogP contribution < -0.4 is 0 Å². The van der Waals surface area contributed by atoms with Gasteiger partial charge in [0.15, 0.2) is 0 Å². The van der Waals surface area contributed by atoms with Crippen LogP contribution in [0.15, 0.2) is 17.5 Å². The maximum atomic E-state index is 4.02.